The van der Waals surface area contributed by atoms with Crippen molar-refractivity contribution < 1.29 is 0 Å². The molecule has 0 aromatic heterocycles. The van der Waals surface area contributed by atoms with Gasteiger partial charge in [0.05, 0.1) is 0 Å². The number of nitrogens with zero attached hydrogens (tertiary/aromatic N) is 1. The van der Waals surface area contributed by atoms with E-state index in [1.807, 2.05) is 6.21 Å². The van der Waals surface area contributed by atoms with Crippen molar-refractivity contribution in [2.45, 2.75) is 26.7 Å². The molecule has 0 spiro atoms. The molecule has 0 bridgehead atoms. The van der Waals surface area contributed by atoms with Gasteiger partial charge >= 0.3 is 0 Å². The SMILES string of the molecule is CC/C(N)=C(/C=NC)CC. The van der Waals surface area contributed by atoms with Crippen molar-refractivity contribution in [2.75, 3.05) is 7.05 Å². The first-order valence-corrected chi connectivity index (χ1v) is 3.65. The highest BCUT2D eigenvalue weighted by molar-refractivity contribution is 5.79. The Labute approximate surface area is 62.8 Å². The first-order chi connectivity index (χ1) is 4.76. The zero-order chi connectivity index (χ0) is 7.98. The predicted molar refractivity (Wildman–Crippen MR) is 46.2 cm³/mol. The van der Waals surface area contributed by atoms with Crippen LogP contribution >= 0.6 is 0 Å². The van der Waals surface area contributed by atoms with Gasteiger partial charge < -0.3 is 5.73 Å². The molecule has 10 heavy (non-hydrogen) atoms. The molecule has 0 aromatic carbocycles. The third kappa shape index (κ3) is 2.67. The molecule has 0 unspecified atom stereocenters. The smallest absolute Gasteiger partial charge is 0.0277 e. The summed E-state index contributed by atoms with van der Waals surface area (Å²) in [5, 5.41) is 0. The Balaban J connectivity index is 4.29. The van der Waals surface area contributed by atoms with Crippen LogP contribution in [0.4, 0.5) is 0 Å². The van der Waals surface area contributed by atoms with E-state index in [1.165, 1.54) is 0 Å². The summed E-state index contributed by atoms with van der Waals surface area (Å²) in [4.78, 5) is 3.91. The largest absolute Gasteiger partial charge is 0.402 e. The molecule has 0 rings (SSSR count). The van der Waals surface area contributed by atoms with E-state index < -0.39 is 0 Å². The molecule has 0 fully saturated rings. The van der Waals surface area contributed by atoms with Gasteiger partial charge in [-0.25, -0.2) is 0 Å². The molecule has 0 aliphatic carbocycles. The number of rotatable bonds is 3. The van der Waals surface area contributed by atoms with Crippen LogP contribution in [-0.2, 0) is 0 Å². The van der Waals surface area contributed by atoms with Gasteiger partial charge in [-0.15, -0.1) is 0 Å². The van der Waals surface area contributed by atoms with Crippen LogP contribution in [0.3, 0.4) is 0 Å². The normalized spacial score (nSPS) is 13.9. The molecule has 58 valence electrons. The lowest BCUT2D eigenvalue weighted by atomic mass is 10.1. The molecule has 0 heterocycles. The number of hydrogen-bond donors (Lipinski definition) is 1. The van der Waals surface area contributed by atoms with Crippen LogP contribution in [0.1, 0.15) is 26.7 Å². The van der Waals surface area contributed by atoms with Crippen molar-refractivity contribution in [3.63, 3.8) is 0 Å². The minimum absolute atomic E-state index is 0.912. The van der Waals surface area contributed by atoms with Crippen molar-refractivity contribution in [1.82, 2.24) is 0 Å². The lowest BCUT2D eigenvalue weighted by Gasteiger charge is -2.01. The van der Waals surface area contributed by atoms with Crippen LogP contribution < -0.4 is 5.73 Å². The van der Waals surface area contributed by atoms with Gasteiger partial charge in [0.1, 0.15) is 0 Å². The summed E-state index contributed by atoms with van der Waals surface area (Å²) < 4.78 is 0. The lowest BCUT2D eigenvalue weighted by Crippen LogP contribution is -2.01. The van der Waals surface area contributed by atoms with Gasteiger partial charge in [0.15, 0.2) is 0 Å². The van der Waals surface area contributed by atoms with Crippen LogP contribution in [-0.4, -0.2) is 13.3 Å². The van der Waals surface area contributed by atoms with Gasteiger partial charge in [-0.05, 0) is 18.4 Å². The van der Waals surface area contributed by atoms with E-state index in [0.29, 0.717) is 0 Å². The molecule has 0 radical (unpaired) electrons. The highest BCUT2D eigenvalue weighted by Crippen LogP contribution is 2.03. The maximum atomic E-state index is 5.70. The average Bonchev–Trinajstić information content (AvgIpc) is 1.99. The van der Waals surface area contributed by atoms with Gasteiger partial charge in [0.25, 0.3) is 0 Å². The zero-order valence-electron chi connectivity index (χ0n) is 7.02. The van der Waals surface area contributed by atoms with Gasteiger partial charge in [0.2, 0.25) is 0 Å². The quantitative estimate of drug-likeness (QED) is 0.595. The fourth-order valence-corrected chi connectivity index (χ4v) is 0.784. The maximum Gasteiger partial charge on any atom is 0.0277 e. The molecule has 0 aromatic rings. The molecule has 0 saturated carbocycles. The van der Waals surface area contributed by atoms with Crippen LogP contribution in [0.5, 0.6) is 0 Å². The highest BCUT2D eigenvalue weighted by Gasteiger charge is 1.93. The van der Waals surface area contributed by atoms with Gasteiger partial charge in [-0.2, -0.15) is 0 Å². The third-order valence-corrected chi connectivity index (χ3v) is 1.46. The summed E-state index contributed by atoms with van der Waals surface area (Å²) in [6.45, 7) is 4.13. The molecule has 0 aliphatic heterocycles. The monoisotopic (exact) mass is 140 g/mol. The Morgan fingerprint density at radius 2 is 2.00 bits per heavy atom. The van der Waals surface area contributed by atoms with E-state index in [-0.39, 0.29) is 0 Å². The van der Waals surface area contributed by atoms with Crippen molar-refractivity contribution in [1.29, 1.82) is 0 Å². The van der Waals surface area contributed by atoms with Crippen LogP contribution in [0.15, 0.2) is 16.3 Å². The molecule has 0 aliphatic rings. The van der Waals surface area contributed by atoms with E-state index >= 15 is 0 Å². The second kappa shape index (κ2) is 5.03. The summed E-state index contributed by atoms with van der Waals surface area (Å²) in [5.74, 6) is 0. The van der Waals surface area contributed by atoms with Crippen molar-refractivity contribution in [3.8, 4) is 0 Å². The minimum Gasteiger partial charge on any atom is -0.402 e. The van der Waals surface area contributed by atoms with Crippen LogP contribution in [0.2, 0.25) is 0 Å². The maximum absolute atomic E-state index is 5.70. The molecular weight excluding hydrogens is 124 g/mol. The first-order valence-electron chi connectivity index (χ1n) is 3.65. The Morgan fingerprint density at radius 1 is 1.40 bits per heavy atom. The molecule has 0 saturated heterocycles. The second-order valence-electron chi connectivity index (χ2n) is 2.14. The summed E-state index contributed by atoms with van der Waals surface area (Å²) in [6, 6.07) is 0. The average molecular weight is 140 g/mol. The van der Waals surface area contributed by atoms with Crippen molar-refractivity contribution in [2.24, 2.45) is 10.7 Å². The Bertz CT molecular complexity index is 145. The number of allylic oxidation sites excluding steroid dienone is 2. The molecule has 0 atom stereocenters. The zero-order valence-corrected chi connectivity index (χ0v) is 7.02. The van der Waals surface area contributed by atoms with Crippen LogP contribution in [0.25, 0.3) is 0 Å². The molecule has 2 heteroatoms. The molecule has 2 nitrogen and oxygen atoms in total. The Morgan fingerprint density at radius 3 is 2.30 bits per heavy atom. The minimum atomic E-state index is 0.912. The highest BCUT2D eigenvalue weighted by atomic mass is 14.7. The third-order valence-electron chi connectivity index (χ3n) is 1.46. The van der Waals surface area contributed by atoms with E-state index in [9.17, 15) is 0 Å². The molecule has 2 N–H and O–H groups in total. The Hall–Kier alpha value is -0.790. The standard InChI is InChI=1S/C8H16N2/c1-4-7(6-10-3)8(9)5-2/h6H,4-5,9H2,1-3H3/b8-7-,10-6?. The molecular formula is C8H16N2. The number of hydrogen-bond acceptors (Lipinski definition) is 2. The van der Waals surface area contributed by atoms with E-state index in [1.54, 1.807) is 7.05 Å². The van der Waals surface area contributed by atoms with Crippen molar-refractivity contribution in [3.05, 3.63) is 11.3 Å². The number of nitrogens with two attached hydrogens (primary N) is 1. The Kier molecular flexibility index (Phi) is 4.63. The van der Waals surface area contributed by atoms with E-state index in [0.717, 1.165) is 24.1 Å². The number of aliphatic imine (C=N–C) groups is 1. The summed E-state index contributed by atoms with van der Waals surface area (Å²) in [6.07, 6.45) is 3.71. The first kappa shape index (κ1) is 9.21. The fraction of sp³-hybridized carbons (Fsp3) is 0.625. The topological polar surface area (TPSA) is 38.4 Å². The van der Waals surface area contributed by atoms with Crippen molar-refractivity contribution >= 4 is 6.21 Å². The summed E-state index contributed by atoms with van der Waals surface area (Å²) in [7, 11) is 1.76. The van der Waals surface area contributed by atoms with Crippen LogP contribution in [0, 0.1) is 0 Å². The van der Waals surface area contributed by atoms with Gasteiger partial charge in [0, 0.05) is 19.0 Å². The second-order valence-corrected chi connectivity index (χ2v) is 2.14. The lowest BCUT2D eigenvalue weighted by molar-refractivity contribution is 1.01. The predicted octanol–water partition coefficient (Wildman–Crippen LogP) is 1.72. The summed E-state index contributed by atoms with van der Waals surface area (Å²) in [5.41, 5.74) is 7.81. The summed E-state index contributed by atoms with van der Waals surface area (Å²) >= 11 is 0. The molecule has 0 amide bonds. The fourth-order valence-electron chi connectivity index (χ4n) is 0.784. The van der Waals surface area contributed by atoms with E-state index in [4.69, 9.17) is 5.73 Å². The van der Waals surface area contributed by atoms with Gasteiger partial charge in [-0.1, -0.05) is 13.8 Å². The van der Waals surface area contributed by atoms with Gasteiger partial charge in [-0.3, -0.25) is 4.99 Å². The van der Waals surface area contributed by atoms with E-state index in [2.05, 4.69) is 18.8 Å².